The second kappa shape index (κ2) is 7.61. The van der Waals surface area contributed by atoms with E-state index in [0.29, 0.717) is 5.41 Å². The van der Waals surface area contributed by atoms with Crippen molar-refractivity contribution in [2.24, 2.45) is 5.41 Å². The molecule has 0 N–H and O–H groups in total. The maximum absolute atomic E-state index is 2.71. The molecule has 2 aliphatic heterocycles. The number of likely N-dealkylation sites (tertiary alicyclic amines) is 2. The molecule has 3 heterocycles. The molecule has 0 saturated carbocycles. The monoisotopic (exact) mass is 354 g/mol. The lowest BCUT2D eigenvalue weighted by atomic mass is 9.72. The van der Waals surface area contributed by atoms with E-state index in [4.69, 9.17) is 0 Å². The average Bonchev–Trinajstić information content (AvgIpc) is 3.13. The van der Waals surface area contributed by atoms with Crippen LogP contribution in [0.2, 0.25) is 0 Å². The highest BCUT2D eigenvalue weighted by molar-refractivity contribution is 7.09. The molecule has 2 nitrogen and oxygen atoms in total. The zero-order chi connectivity index (χ0) is 17.1. The summed E-state index contributed by atoms with van der Waals surface area (Å²) in [4.78, 5) is 6.89. The van der Waals surface area contributed by atoms with Crippen molar-refractivity contribution in [2.75, 3.05) is 26.2 Å². The van der Waals surface area contributed by atoms with Crippen molar-refractivity contribution < 1.29 is 0 Å². The van der Waals surface area contributed by atoms with Gasteiger partial charge in [-0.15, -0.1) is 11.3 Å². The van der Waals surface area contributed by atoms with Crippen LogP contribution in [-0.2, 0) is 13.1 Å². The molecule has 0 amide bonds. The summed E-state index contributed by atoms with van der Waals surface area (Å²) in [5, 5.41) is 2.20. The Hall–Kier alpha value is -1.16. The second-order valence-corrected chi connectivity index (χ2v) is 9.19. The van der Waals surface area contributed by atoms with E-state index < -0.39 is 0 Å². The molecule has 0 unspecified atom stereocenters. The van der Waals surface area contributed by atoms with Crippen LogP contribution < -0.4 is 0 Å². The highest BCUT2D eigenvalue weighted by Crippen LogP contribution is 2.40. The van der Waals surface area contributed by atoms with Gasteiger partial charge in [0.25, 0.3) is 0 Å². The van der Waals surface area contributed by atoms with Crippen LogP contribution in [0.1, 0.15) is 41.7 Å². The Balaban J connectivity index is 1.32. The molecule has 2 aromatic rings. The Bertz CT molecular complexity index is 654. The van der Waals surface area contributed by atoms with Gasteiger partial charge >= 0.3 is 0 Å². The number of nitrogens with zero attached hydrogens (tertiary/aromatic N) is 2. The molecule has 1 aromatic heterocycles. The van der Waals surface area contributed by atoms with Gasteiger partial charge < -0.3 is 0 Å². The highest BCUT2D eigenvalue weighted by Gasteiger charge is 2.38. The van der Waals surface area contributed by atoms with Gasteiger partial charge in [0.1, 0.15) is 0 Å². The first-order chi connectivity index (χ1) is 12.2. The lowest BCUT2D eigenvalue weighted by molar-refractivity contribution is 0.0188. The van der Waals surface area contributed by atoms with E-state index >= 15 is 0 Å². The summed E-state index contributed by atoms with van der Waals surface area (Å²) in [5.41, 5.74) is 3.41. The fraction of sp³-hybridized carbons (Fsp3) is 0.545. The Morgan fingerprint density at radius 3 is 2.44 bits per heavy atom. The summed E-state index contributed by atoms with van der Waals surface area (Å²) in [7, 11) is 0. The molecule has 0 aliphatic carbocycles. The molecule has 3 heteroatoms. The Morgan fingerprint density at radius 2 is 1.72 bits per heavy atom. The molecule has 0 radical (unpaired) electrons. The molecule has 2 fully saturated rings. The predicted molar refractivity (Wildman–Crippen MR) is 107 cm³/mol. The number of hydrogen-bond acceptors (Lipinski definition) is 3. The molecule has 1 aromatic carbocycles. The lowest BCUT2D eigenvalue weighted by Crippen LogP contribution is -2.49. The molecule has 2 saturated heterocycles. The van der Waals surface area contributed by atoms with Crippen LogP contribution in [0.5, 0.6) is 0 Å². The summed E-state index contributed by atoms with van der Waals surface area (Å²) >= 11 is 1.90. The molecule has 25 heavy (non-hydrogen) atoms. The number of hydrogen-bond donors (Lipinski definition) is 0. The molecule has 2 aliphatic rings. The maximum Gasteiger partial charge on any atom is 0.0327 e. The van der Waals surface area contributed by atoms with Crippen molar-refractivity contribution in [1.29, 1.82) is 0 Å². The van der Waals surface area contributed by atoms with Crippen molar-refractivity contribution in [2.45, 2.75) is 45.7 Å². The van der Waals surface area contributed by atoms with Crippen molar-refractivity contribution in [3.63, 3.8) is 0 Å². The smallest absolute Gasteiger partial charge is 0.0327 e. The van der Waals surface area contributed by atoms with E-state index in [2.05, 4.69) is 58.5 Å². The zero-order valence-corrected chi connectivity index (χ0v) is 16.2. The van der Waals surface area contributed by atoms with Crippen molar-refractivity contribution in [1.82, 2.24) is 9.80 Å². The lowest BCUT2D eigenvalue weighted by Gasteiger charge is -2.47. The van der Waals surface area contributed by atoms with Gasteiger partial charge in [0.05, 0.1) is 0 Å². The fourth-order valence-electron chi connectivity index (χ4n) is 4.61. The quantitative estimate of drug-likeness (QED) is 0.768. The van der Waals surface area contributed by atoms with E-state index in [1.165, 1.54) is 67.9 Å². The van der Waals surface area contributed by atoms with Gasteiger partial charge in [-0.3, -0.25) is 9.80 Å². The molecule has 4 rings (SSSR count). The molecular formula is C22H30N2S. The van der Waals surface area contributed by atoms with Crippen molar-refractivity contribution >= 4 is 11.3 Å². The third-order valence-electron chi connectivity index (χ3n) is 6.14. The number of thiophene rings is 1. The van der Waals surface area contributed by atoms with E-state index in [0.717, 1.165) is 13.1 Å². The average molecular weight is 355 g/mol. The largest absolute Gasteiger partial charge is 0.299 e. The van der Waals surface area contributed by atoms with Gasteiger partial charge in [0.2, 0.25) is 0 Å². The Labute approximate surface area is 156 Å². The van der Waals surface area contributed by atoms with Crippen molar-refractivity contribution in [3.05, 3.63) is 57.8 Å². The van der Waals surface area contributed by atoms with Crippen LogP contribution in [0, 0.1) is 12.3 Å². The summed E-state index contributed by atoms with van der Waals surface area (Å²) in [6.45, 7) is 9.57. The fourth-order valence-corrected chi connectivity index (χ4v) is 5.36. The Morgan fingerprint density at radius 1 is 0.920 bits per heavy atom. The zero-order valence-electron chi connectivity index (χ0n) is 15.4. The molecule has 134 valence electrons. The summed E-state index contributed by atoms with van der Waals surface area (Å²) in [5.74, 6) is 0. The summed E-state index contributed by atoms with van der Waals surface area (Å²) < 4.78 is 0. The summed E-state index contributed by atoms with van der Waals surface area (Å²) in [6.07, 6.45) is 5.56. The van der Waals surface area contributed by atoms with Gasteiger partial charge in [0, 0.05) is 24.5 Å². The van der Waals surface area contributed by atoms with Gasteiger partial charge in [-0.05, 0) is 74.7 Å². The van der Waals surface area contributed by atoms with E-state index in [1.54, 1.807) is 0 Å². The minimum atomic E-state index is 0.578. The molecule has 1 spiro atoms. The minimum Gasteiger partial charge on any atom is -0.299 e. The van der Waals surface area contributed by atoms with E-state index in [9.17, 15) is 0 Å². The highest BCUT2D eigenvalue weighted by atomic mass is 32.1. The first-order valence-electron chi connectivity index (χ1n) is 9.74. The number of benzene rings is 1. The van der Waals surface area contributed by atoms with Gasteiger partial charge in [0.15, 0.2) is 0 Å². The number of aryl methyl sites for hydroxylation is 1. The predicted octanol–water partition coefficient (Wildman–Crippen LogP) is 4.93. The minimum absolute atomic E-state index is 0.578. The van der Waals surface area contributed by atoms with E-state index in [-0.39, 0.29) is 0 Å². The molecule has 0 atom stereocenters. The topological polar surface area (TPSA) is 6.48 Å². The third kappa shape index (κ3) is 4.33. The van der Waals surface area contributed by atoms with Crippen LogP contribution in [0.3, 0.4) is 0 Å². The second-order valence-electron chi connectivity index (χ2n) is 8.16. The summed E-state index contributed by atoms with van der Waals surface area (Å²) in [6, 6.07) is 13.6. The van der Waals surface area contributed by atoms with Crippen LogP contribution in [0.25, 0.3) is 0 Å². The maximum atomic E-state index is 2.71. The first kappa shape index (κ1) is 17.3. The number of rotatable bonds is 4. The van der Waals surface area contributed by atoms with Crippen LogP contribution in [0.15, 0.2) is 41.8 Å². The van der Waals surface area contributed by atoms with E-state index in [1.807, 2.05) is 11.3 Å². The molecular weight excluding hydrogens is 324 g/mol. The van der Waals surface area contributed by atoms with Crippen LogP contribution >= 0.6 is 11.3 Å². The SMILES string of the molecule is Cc1ccc(CN2CCCC3(CCN(Cc4cccs4)CC3)C2)cc1. The standard InChI is InChI=1S/C22H30N2S/c1-19-5-7-20(8-6-19)16-24-12-3-9-22(18-24)10-13-23(14-11-22)17-21-4-2-15-25-21/h2,4-8,15H,3,9-14,16-18H2,1H3. The normalized spacial score (nSPS) is 21.6. The Kier molecular flexibility index (Phi) is 5.25. The van der Waals surface area contributed by atoms with Gasteiger partial charge in [-0.2, -0.15) is 0 Å². The van der Waals surface area contributed by atoms with Gasteiger partial charge in [-0.1, -0.05) is 35.9 Å². The van der Waals surface area contributed by atoms with Crippen LogP contribution in [-0.4, -0.2) is 36.0 Å². The first-order valence-corrected chi connectivity index (χ1v) is 10.6. The third-order valence-corrected chi connectivity index (χ3v) is 7.00. The van der Waals surface area contributed by atoms with Crippen LogP contribution in [0.4, 0.5) is 0 Å². The van der Waals surface area contributed by atoms with Gasteiger partial charge in [-0.25, -0.2) is 0 Å². The number of piperidine rings is 2. The molecule has 0 bridgehead atoms. The van der Waals surface area contributed by atoms with Crippen molar-refractivity contribution in [3.8, 4) is 0 Å².